The van der Waals surface area contributed by atoms with Gasteiger partial charge in [-0.3, -0.25) is 9.36 Å². The molecule has 0 spiro atoms. The van der Waals surface area contributed by atoms with Crippen LogP contribution in [-0.2, 0) is 0 Å². The van der Waals surface area contributed by atoms with Gasteiger partial charge in [-0.15, -0.1) is 34.0 Å². The van der Waals surface area contributed by atoms with Gasteiger partial charge in [-0.05, 0) is 53.9 Å². The van der Waals surface area contributed by atoms with E-state index in [1.165, 1.54) is 27.2 Å². The number of aromatic nitrogens is 1. The van der Waals surface area contributed by atoms with Gasteiger partial charge in [-0.2, -0.15) is 10.5 Å². The number of allylic oxidation sites excluding steroid dienone is 1. The maximum Gasteiger partial charge on any atom is 0.274 e. The van der Waals surface area contributed by atoms with Crippen LogP contribution in [-0.4, -0.2) is 4.57 Å². The minimum absolute atomic E-state index is 0.109. The fraction of sp³-hybridized carbons (Fsp3) is 0.150. The van der Waals surface area contributed by atoms with Crippen LogP contribution in [0.15, 0.2) is 33.3 Å². The number of rotatable bonds is 2. The molecule has 1 atom stereocenters. The fourth-order valence-corrected chi connectivity index (χ4v) is 6.33. The van der Waals surface area contributed by atoms with Gasteiger partial charge in [0.25, 0.3) is 5.56 Å². The highest BCUT2D eigenvalue weighted by Gasteiger charge is 2.33. The third-order valence-electron chi connectivity index (χ3n) is 4.72. The summed E-state index contributed by atoms with van der Waals surface area (Å²) in [5.41, 5.74) is 8.69. The third kappa shape index (κ3) is 2.66. The highest BCUT2D eigenvalue weighted by Crippen LogP contribution is 2.39. The van der Waals surface area contributed by atoms with Crippen molar-refractivity contribution in [1.29, 1.82) is 10.5 Å². The van der Waals surface area contributed by atoms with Gasteiger partial charge in [0, 0.05) is 9.75 Å². The zero-order valence-corrected chi connectivity index (χ0v) is 17.5. The van der Waals surface area contributed by atoms with Crippen LogP contribution in [0.3, 0.4) is 0 Å². The van der Waals surface area contributed by atoms with E-state index < -0.39 is 5.92 Å². The lowest BCUT2D eigenvalue weighted by atomic mass is 9.88. The molecule has 2 N–H and O–H groups in total. The highest BCUT2D eigenvalue weighted by molar-refractivity contribution is 7.11. The van der Waals surface area contributed by atoms with Crippen LogP contribution in [0.25, 0.3) is 17.5 Å². The van der Waals surface area contributed by atoms with Gasteiger partial charge in [0.1, 0.15) is 10.5 Å². The number of hydrogen-bond donors (Lipinski definition) is 1. The first-order valence-electron chi connectivity index (χ1n) is 8.34. The van der Waals surface area contributed by atoms with Crippen LogP contribution in [0.1, 0.15) is 26.8 Å². The first-order chi connectivity index (χ1) is 13.5. The average molecular weight is 423 g/mol. The Morgan fingerprint density at radius 1 is 1.11 bits per heavy atom. The molecule has 0 radical (unpaired) electrons. The van der Waals surface area contributed by atoms with Gasteiger partial charge in [-0.25, -0.2) is 0 Å². The molecule has 0 saturated heterocycles. The molecule has 0 aliphatic carbocycles. The Morgan fingerprint density at radius 3 is 2.36 bits per heavy atom. The lowest BCUT2D eigenvalue weighted by Crippen LogP contribution is -2.38. The number of aryl methyl sites for hydroxylation is 2. The van der Waals surface area contributed by atoms with E-state index in [-0.39, 0.29) is 17.0 Å². The first-order valence-corrected chi connectivity index (χ1v) is 10.9. The van der Waals surface area contributed by atoms with Crippen molar-refractivity contribution >= 4 is 51.5 Å². The Morgan fingerprint density at radius 2 is 1.79 bits per heavy atom. The smallest absolute Gasteiger partial charge is 0.274 e. The number of nitrogens with two attached hydrogens (primary N) is 1. The Labute approximate surface area is 172 Å². The number of nitriles is 2. The number of fused-ring (bicyclic) bond motifs is 1. The summed E-state index contributed by atoms with van der Waals surface area (Å²) in [4.78, 5) is 14.9. The summed E-state index contributed by atoms with van der Waals surface area (Å²) in [6.07, 6.45) is 1.83. The Kier molecular flexibility index (Phi) is 4.56. The summed E-state index contributed by atoms with van der Waals surface area (Å²) in [6, 6.07) is 8.33. The third-order valence-corrected chi connectivity index (χ3v) is 7.87. The van der Waals surface area contributed by atoms with Gasteiger partial charge in [0.15, 0.2) is 0 Å². The number of thiazole rings is 1. The molecule has 8 heteroatoms. The average Bonchev–Trinajstić information content (AvgIpc) is 3.36. The maximum atomic E-state index is 13.0. The van der Waals surface area contributed by atoms with Gasteiger partial charge in [0.2, 0.25) is 0 Å². The number of thiophene rings is 2. The zero-order valence-electron chi connectivity index (χ0n) is 15.0. The molecule has 4 heterocycles. The normalized spacial score (nSPS) is 16.8. The molecule has 0 fully saturated rings. The topological polar surface area (TPSA) is 95.6 Å². The minimum atomic E-state index is -0.538. The summed E-state index contributed by atoms with van der Waals surface area (Å²) >= 11 is 4.28. The molecular formula is C20H14N4OS3. The second-order valence-electron chi connectivity index (χ2n) is 6.36. The Hall–Kier alpha value is -2.91. The van der Waals surface area contributed by atoms with E-state index in [0.717, 1.165) is 20.9 Å². The molecule has 4 rings (SSSR count). The van der Waals surface area contributed by atoms with Crippen LogP contribution in [0.2, 0.25) is 0 Å². The standard InChI is InChI=1S/C20H14N4OS3/c1-10-3-5-26-14(10)7-15-19(25)24-18(23)12(8-21)16(13(9-22)20(24)28-15)17-11(2)4-6-27-17/h3-7,16H,23H2,1-2H3/b15-7-/t16-/m1/s1. The van der Waals surface area contributed by atoms with E-state index >= 15 is 0 Å². The fourth-order valence-electron chi connectivity index (χ4n) is 3.25. The number of nitrogens with zero attached hydrogens (tertiary/aromatic N) is 3. The van der Waals surface area contributed by atoms with Crippen LogP contribution < -0.4 is 20.5 Å². The van der Waals surface area contributed by atoms with Gasteiger partial charge in [0.05, 0.1) is 33.7 Å². The van der Waals surface area contributed by atoms with Gasteiger partial charge < -0.3 is 5.73 Å². The second kappa shape index (κ2) is 6.92. The quantitative estimate of drug-likeness (QED) is 0.687. The van der Waals surface area contributed by atoms with E-state index in [2.05, 4.69) is 12.1 Å². The monoisotopic (exact) mass is 422 g/mol. The van der Waals surface area contributed by atoms with Crippen LogP contribution in [0.5, 0.6) is 0 Å². The van der Waals surface area contributed by atoms with Crippen LogP contribution in [0, 0.1) is 36.5 Å². The first kappa shape index (κ1) is 18.5. The molecular weight excluding hydrogens is 408 g/mol. The molecule has 0 saturated carbocycles. The molecule has 0 aromatic carbocycles. The SMILES string of the molecule is Cc1ccsc1/C=c1\sc2n(c1=O)C(N)=C(C#N)[C@@H](c1sccc1C)C=2C#N. The van der Waals surface area contributed by atoms with Crippen molar-refractivity contribution < 1.29 is 0 Å². The van der Waals surface area contributed by atoms with Crippen molar-refractivity contribution in [2.75, 3.05) is 0 Å². The largest absolute Gasteiger partial charge is 0.384 e. The number of hydrogen-bond acceptors (Lipinski definition) is 7. The van der Waals surface area contributed by atoms with E-state index in [4.69, 9.17) is 5.73 Å². The summed E-state index contributed by atoms with van der Waals surface area (Å²) in [5, 5.41) is 23.6. The molecule has 5 nitrogen and oxygen atoms in total. The predicted molar refractivity (Wildman–Crippen MR) is 114 cm³/mol. The second-order valence-corrected chi connectivity index (χ2v) is 9.29. The van der Waals surface area contributed by atoms with Crippen molar-refractivity contribution in [2.45, 2.75) is 19.8 Å². The summed E-state index contributed by atoms with van der Waals surface area (Å²) < 4.78 is 2.31. The van der Waals surface area contributed by atoms with Crippen molar-refractivity contribution in [3.05, 3.63) is 68.9 Å². The lowest BCUT2D eigenvalue weighted by molar-refractivity contribution is 0.911. The summed E-state index contributed by atoms with van der Waals surface area (Å²) in [5.74, 6) is -0.428. The lowest BCUT2D eigenvalue weighted by Gasteiger charge is -2.21. The minimum Gasteiger partial charge on any atom is -0.384 e. The zero-order chi connectivity index (χ0) is 20.0. The molecule has 1 aliphatic rings. The Balaban J connectivity index is 2.11. The summed E-state index contributed by atoms with van der Waals surface area (Å²) in [6.45, 7) is 3.93. The van der Waals surface area contributed by atoms with Gasteiger partial charge >= 0.3 is 0 Å². The molecule has 0 unspecified atom stereocenters. The van der Waals surface area contributed by atoms with Crippen molar-refractivity contribution in [3.63, 3.8) is 0 Å². The molecule has 28 heavy (non-hydrogen) atoms. The molecule has 3 aromatic heterocycles. The summed E-state index contributed by atoms with van der Waals surface area (Å²) in [7, 11) is 0. The van der Waals surface area contributed by atoms with Crippen molar-refractivity contribution in [1.82, 2.24) is 4.57 Å². The predicted octanol–water partition coefficient (Wildman–Crippen LogP) is 2.60. The van der Waals surface area contributed by atoms with Crippen LogP contribution in [0.4, 0.5) is 0 Å². The van der Waals surface area contributed by atoms with Crippen molar-refractivity contribution in [2.24, 2.45) is 5.73 Å². The van der Waals surface area contributed by atoms with Crippen LogP contribution >= 0.6 is 34.0 Å². The van der Waals surface area contributed by atoms with E-state index in [0.29, 0.717) is 14.8 Å². The van der Waals surface area contributed by atoms with E-state index in [1.54, 1.807) is 11.3 Å². The molecule has 138 valence electrons. The molecule has 0 amide bonds. The molecule has 0 bridgehead atoms. The van der Waals surface area contributed by atoms with Gasteiger partial charge in [-0.1, -0.05) is 0 Å². The molecule has 3 aromatic rings. The van der Waals surface area contributed by atoms with E-state index in [1.807, 2.05) is 42.8 Å². The maximum absolute atomic E-state index is 13.0. The Bertz CT molecular complexity index is 1400. The van der Waals surface area contributed by atoms with E-state index in [9.17, 15) is 15.3 Å². The highest BCUT2D eigenvalue weighted by atomic mass is 32.1. The van der Waals surface area contributed by atoms with Crippen molar-refractivity contribution in [3.8, 4) is 12.1 Å². The molecule has 1 aliphatic heterocycles.